The van der Waals surface area contributed by atoms with Crippen molar-refractivity contribution in [1.29, 1.82) is 0 Å². The standard InChI is InChI=1S/C29H38N2O6S/c1-20(2)7-6-8-23-10-12-29-27(13-23)37-28(21(3)15-31(22(4)18-32)38(29,33)34)17-30(5)16-24-9-11-25-26(14-24)36-19-35-25/h9-14,20-22,28,32H,7,15-19H2,1-5H3/t21-,22+,28+/m1/s1. The third-order valence-electron chi connectivity index (χ3n) is 6.79. The molecule has 0 bridgehead atoms. The molecule has 4 rings (SSSR count). The monoisotopic (exact) mass is 542 g/mol. The topological polar surface area (TPSA) is 88.5 Å². The van der Waals surface area contributed by atoms with Gasteiger partial charge in [0, 0.05) is 43.6 Å². The van der Waals surface area contributed by atoms with Gasteiger partial charge in [0.1, 0.15) is 16.7 Å². The Hall–Kier alpha value is -2.77. The van der Waals surface area contributed by atoms with E-state index in [1.54, 1.807) is 25.1 Å². The van der Waals surface area contributed by atoms with Crippen LogP contribution in [0.1, 0.15) is 45.2 Å². The number of likely N-dealkylation sites (N-methyl/N-ethyl adjacent to an activating group) is 1. The summed E-state index contributed by atoms with van der Waals surface area (Å²) in [5.74, 6) is 8.40. The third-order valence-corrected chi connectivity index (χ3v) is 8.81. The molecule has 8 nitrogen and oxygen atoms in total. The maximum atomic E-state index is 13.7. The van der Waals surface area contributed by atoms with Crippen LogP contribution in [0.3, 0.4) is 0 Å². The number of ether oxygens (including phenoxy) is 3. The highest BCUT2D eigenvalue weighted by molar-refractivity contribution is 7.89. The summed E-state index contributed by atoms with van der Waals surface area (Å²) in [5.41, 5.74) is 1.79. The quantitative estimate of drug-likeness (QED) is 0.534. The molecule has 0 unspecified atom stereocenters. The lowest BCUT2D eigenvalue weighted by Gasteiger charge is -2.37. The van der Waals surface area contributed by atoms with Crippen LogP contribution in [-0.2, 0) is 16.6 Å². The van der Waals surface area contributed by atoms with E-state index >= 15 is 0 Å². The molecule has 0 radical (unpaired) electrons. The van der Waals surface area contributed by atoms with Gasteiger partial charge in [-0.2, -0.15) is 4.31 Å². The Balaban J connectivity index is 1.63. The summed E-state index contributed by atoms with van der Waals surface area (Å²) < 4.78 is 46.1. The summed E-state index contributed by atoms with van der Waals surface area (Å²) >= 11 is 0. The first kappa shape index (κ1) is 28.2. The third kappa shape index (κ3) is 6.44. The number of fused-ring (bicyclic) bond motifs is 2. The fourth-order valence-corrected chi connectivity index (χ4v) is 6.43. The number of sulfonamides is 1. The highest BCUT2D eigenvalue weighted by atomic mass is 32.2. The SMILES string of the molecule is CC(C)CC#Cc1ccc2c(c1)O[C@@H](CN(C)Cc1ccc3c(c1)OCO3)[C@H](C)CN([C@@H](C)CO)S2(=O)=O. The van der Waals surface area contributed by atoms with Gasteiger partial charge in [0.2, 0.25) is 16.8 Å². The fourth-order valence-electron chi connectivity index (χ4n) is 4.60. The zero-order chi connectivity index (χ0) is 27.4. The Morgan fingerprint density at radius 1 is 1.11 bits per heavy atom. The number of benzene rings is 2. The second kappa shape index (κ2) is 12.0. The molecule has 2 aromatic carbocycles. The van der Waals surface area contributed by atoms with Crippen LogP contribution in [-0.4, -0.2) is 68.4 Å². The minimum Gasteiger partial charge on any atom is -0.487 e. The van der Waals surface area contributed by atoms with Gasteiger partial charge in [-0.3, -0.25) is 4.90 Å². The molecular weight excluding hydrogens is 504 g/mol. The number of nitrogens with zero attached hydrogens (tertiary/aromatic N) is 2. The predicted molar refractivity (Wildman–Crippen MR) is 146 cm³/mol. The summed E-state index contributed by atoms with van der Waals surface area (Å²) in [5, 5.41) is 9.86. The van der Waals surface area contributed by atoms with Crippen molar-refractivity contribution in [3.05, 3.63) is 47.5 Å². The largest absolute Gasteiger partial charge is 0.487 e. The number of rotatable bonds is 7. The molecule has 0 amide bonds. The summed E-state index contributed by atoms with van der Waals surface area (Å²) in [4.78, 5) is 2.25. The molecule has 38 heavy (non-hydrogen) atoms. The lowest BCUT2D eigenvalue weighted by atomic mass is 10.0. The first-order chi connectivity index (χ1) is 18.1. The predicted octanol–water partition coefficient (Wildman–Crippen LogP) is 3.71. The lowest BCUT2D eigenvalue weighted by molar-refractivity contribution is 0.0733. The average molecular weight is 543 g/mol. The van der Waals surface area contributed by atoms with Gasteiger partial charge in [0.25, 0.3) is 0 Å². The van der Waals surface area contributed by atoms with Crippen LogP contribution in [0.5, 0.6) is 17.2 Å². The van der Waals surface area contributed by atoms with Crippen molar-refractivity contribution in [1.82, 2.24) is 9.21 Å². The smallest absolute Gasteiger partial charge is 0.247 e. The van der Waals surface area contributed by atoms with Crippen molar-refractivity contribution in [2.24, 2.45) is 11.8 Å². The molecule has 0 saturated heterocycles. The lowest BCUT2D eigenvalue weighted by Crippen LogP contribution is -2.49. The van der Waals surface area contributed by atoms with Gasteiger partial charge in [-0.05, 0) is 55.8 Å². The summed E-state index contributed by atoms with van der Waals surface area (Å²) in [7, 11) is -1.87. The molecule has 2 aliphatic rings. The van der Waals surface area contributed by atoms with Crippen LogP contribution in [0, 0.1) is 23.7 Å². The minimum absolute atomic E-state index is 0.0996. The molecule has 2 heterocycles. The molecule has 0 aromatic heterocycles. The van der Waals surface area contributed by atoms with Crippen LogP contribution in [0.2, 0.25) is 0 Å². The van der Waals surface area contributed by atoms with E-state index in [-0.39, 0.29) is 36.9 Å². The fraction of sp³-hybridized carbons (Fsp3) is 0.517. The Kier molecular flexibility index (Phi) is 8.89. The molecule has 1 N–H and O–H groups in total. The molecule has 0 spiro atoms. The van der Waals surface area contributed by atoms with E-state index < -0.39 is 16.1 Å². The second-order valence-electron chi connectivity index (χ2n) is 10.7. The Morgan fingerprint density at radius 2 is 1.87 bits per heavy atom. The molecule has 0 aliphatic carbocycles. The second-order valence-corrected chi connectivity index (χ2v) is 12.5. The zero-order valence-electron chi connectivity index (χ0n) is 22.8. The van der Waals surface area contributed by atoms with Gasteiger partial charge in [-0.15, -0.1) is 0 Å². The van der Waals surface area contributed by atoms with Crippen LogP contribution in [0.15, 0.2) is 41.3 Å². The van der Waals surface area contributed by atoms with Gasteiger partial charge in [-0.25, -0.2) is 8.42 Å². The van der Waals surface area contributed by atoms with Crippen molar-refractivity contribution in [3.63, 3.8) is 0 Å². The zero-order valence-corrected chi connectivity index (χ0v) is 23.6. The van der Waals surface area contributed by atoms with Gasteiger partial charge in [-0.1, -0.05) is 38.7 Å². The van der Waals surface area contributed by atoms with E-state index in [1.165, 1.54) is 4.31 Å². The Morgan fingerprint density at radius 3 is 2.61 bits per heavy atom. The number of hydrogen-bond acceptors (Lipinski definition) is 7. The summed E-state index contributed by atoms with van der Waals surface area (Å²) in [6.45, 7) is 9.35. The highest BCUT2D eigenvalue weighted by Crippen LogP contribution is 2.35. The number of aliphatic hydroxyl groups is 1. The molecule has 3 atom stereocenters. The van der Waals surface area contributed by atoms with Gasteiger partial charge in [0.05, 0.1) is 6.61 Å². The highest BCUT2D eigenvalue weighted by Gasteiger charge is 2.38. The van der Waals surface area contributed by atoms with E-state index in [0.29, 0.717) is 30.3 Å². The maximum Gasteiger partial charge on any atom is 0.247 e. The van der Waals surface area contributed by atoms with Crippen LogP contribution >= 0.6 is 0 Å². The van der Waals surface area contributed by atoms with Crippen LogP contribution < -0.4 is 14.2 Å². The Bertz CT molecular complexity index is 1300. The van der Waals surface area contributed by atoms with Crippen molar-refractivity contribution < 1.29 is 27.7 Å². The van der Waals surface area contributed by atoms with Gasteiger partial charge < -0.3 is 19.3 Å². The first-order valence-corrected chi connectivity index (χ1v) is 14.5. The summed E-state index contributed by atoms with van der Waals surface area (Å²) in [6.07, 6.45) is 0.457. The average Bonchev–Trinajstić information content (AvgIpc) is 3.33. The Labute approximate surface area is 226 Å². The van der Waals surface area contributed by atoms with E-state index in [2.05, 4.69) is 30.6 Å². The minimum atomic E-state index is -3.88. The number of hydrogen-bond donors (Lipinski definition) is 1. The molecule has 2 aromatic rings. The molecule has 2 aliphatic heterocycles. The first-order valence-electron chi connectivity index (χ1n) is 13.1. The van der Waals surface area contributed by atoms with Gasteiger partial charge >= 0.3 is 0 Å². The van der Waals surface area contributed by atoms with Crippen molar-refractivity contribution in [2.75, 3.05) is 33.5 Å². The normalized spacial score (nSPS) is 21.2. The molecule has 0 fully saturated rings. The van der Waals surface area contributed by atoms with Crippen LogP contribution in [0.25, 0.3) is 0 Å². The summed E-state index contributed by atoms with van der Waals surface area (Å²) in [6, 6.07) is 10.4. The molecule has 206 valence electrons. The molecular formula is C29H38N2O6S. The van der Waals surface area contributed by atoms with Crippen molar-refractivity contribution in [2.45, 2.75) is 57.7 Å². The van der Waals surface area contributed by atoms with Crippen molar-refractivity contribution >= 4 is 10.0 Å². The molecule has 0 saturated carbocycles. The van der Waals surface area contributed by atoms with Crippen LogP contribution in [0.4, 0.5) is 0 Å². The maximum absolute atomic E-state index is 13.7. The van der Waals surface area contributed by atoms with E-state index in [0.717, 1.165) is 23.5 Å². The van der Waals surface area contributed by atoms with E-state index in [9.17, 15) is 13.5 Å². The van der Waals surface area contributed by atoms with Crippen molar-refractivity contribution in [3.8, 4) is 29.1 Å². The van der Waals surface area contributed by atoms with E-state index in [1.807, 2.05) is 32.2 Å². The molecule has 9 heteroatoms. The number of aliphatic hydroxyl groups excluding tert-OH is 1. The van der Waals surface area contributed by atoms with E-state index in [4.69, 9.17) is 14.2 Å². The van der Waals surface area contributed by atoms with Gasteiger partial charge in [0.15, 0.2) is 11.5 Å².